The molecule has 2 unspecified atom stereocenters. The fourth-order valence-corrected chi connectivity index (χ4v) is 5.49. The molecule has 1 fully saturated rings. The van der Waals surface area contributed by atoms with Gasteiger partial charge in [0.05, 0.1) is 19.3 Å². The molecule has 1 aromatic heterocycles. The third kappa shape index (κ3) is 7.28. The predicted molar refractivity (Wildman–Crippen MR) is 130 cm³/mol. The zero-order chi connectivity index (χ0) is 26.1. The van der Waals surface area contributed by atoms with Crippen LogP contribution >= 0.6 is 8.53 Å². The summed E-state index contributed by atoms with van der Waals surface area (Å²) in [5.41, 5.74) is 1.03. The Hall–Kier alpha value is -1.44. The summed E-state index contributed by atoms with van der Waals surface area (Å²) in [7, 11) is -0.0165. The van der Waals surface area contributed by atoms with Gasteiger partial charge in [0.1, 0.15) is 18.8 Å². The maximum atomic E-state index is 12.8. The third-order valence-corrected chi connectivity index (χ3v) is 7.54. The minimum Gasteiger partial charge on any atom is -0.382 e. The monoisotopic (exact) mass is 499 g/mol. The summed E-state index contributed by atoms with van der Waals surface area (Å²) in [6.45, 7) is 19.9. The highest BCUT2D eigenvalue weighted by molar-refractivity contribution is 7.44. The van der Waals surface area contributed by atoms with Crippen LogP contribution in [0.2, 0.25) is 0 Å². The van der Waals surface area contributed by atoms with E-state index in [-0.39, 0.29) is 38.7 Å². The number of hydrogen-bond donors (Lipinski definition) is 0. The highest BCUT2D eigenvalue weighted by Crippen LogP contribution is 2.50. The van der Waals surface area contributed by atoms with Crippen molar-refractivity contribution >= 4 is 8.53 Å². The van der Waals surface area contributed by atoms with Crippen LogP contribution in [0.15, 0.2) is 11.0 Å². The quantitative estimate of drug-likeness (QED) is 0.232. The molecule has 5 atom stereocenters. The highest BCUT2D eigenvalue weighted by Gasteiger charge is 2.48. The summed E-state index contributed by atoms with van der Waals surface area (Å²) in [4.78, 5) is 20.3. The number of rotatable bonds is 13. The Balaban J connectivity index is 2.45. The lowest BCUT2D eigenvalue weighted by Gasteiger charge is -2.37. The lowest BCUT2D eigenvalue weighted by atomic mass is 10.1. The highest BCUT2D eigenvalue weighted by atomic mass is 31.2. The van der Waals surface area contributed by atoms with Crippen LogP contribution in [0.3, 0.4) is 0 Å². The minimum atomic E-state index is -1.60. The van der Waals surface area contributed by atoms with E-state index in [9.17, 15) is 4.79 Å². The van der Waals surface area contributed by atoms with Crippen molar-refractivity contribution < 1.29 is 24.6 Å². The molecular formula is C23H39N4O6P. The molecule has 0 N–H and O–H groups in total. The molecule has 0 amide bonds. The molecule has 11 heteroatoms. The maximum Gasteiger partial charge on any atom is 0.349 e. The van der Waals surface area contributed by atoms with Gasteiger partial charge >= 0.3 is 5.69 Å². The molecular weight excluding hydrogens is 459 g/mol. The summed E-state index contributed by atoms with van der Waals surface area (Å²) in [5, 5.41) is 0. The largest absolute Gasteiger partial charge is 0.382 e. The van der Waals surface area contributed by atoms with E-state index in [0.29, 0.717) is 12.3 Å². The van der Waals surface area contributed by atoms with Crippen LogP contribution < -0.4 is 5.69 Å². The van der Waals surface area contributed by atoms with Crippen molar-refractivity contribution in [3.8, 4) is 0 Å². The van der Waals surface area contributed by atoms with Gasteiger partial charge in [-0.2, -0.15) is 4.98 Å². The second-order valence-electron chi connectivity index (χ2n) is 8.68. The smallest absolute Gasteiger partial charge is 0.349 e. The van der Waals surface area contributed by atoms with Crippen molar-refractivity contribution in [1.82, 2.24) is 14.2 Å². The zero-order valence-corrected chi connectivity index (χ0v) is 22.2. The van der Waals surface area contributed by atoms with E-state index in [1.807, 2.05) is 6.92 Å². The first-order valence-corrected chi connectivity index (χ1v) is 12.6. The van der Waals surface area contributed by atoms with Gasteiger partial charge in [0, 0.05) is 32.5 Å². The van der Waals surface area contributed by atoms with E-state index >= 15 is 0 Å². The molecule has 0 radical (unpaired) electrons. The first-order chi connectivity index (χ1) is 16.7. The van der Waals surface area contributed by atoms with Gasteiger partial charge in [-0.25, -0.2) is 16.0 Å². The Morgan fingerprint density at radius 1 is 1.26 bits per heavy atom. The van der Waals surface area contributed by atoms with Gasteiger partial charge in [-0.15, -0.1) is 0 Å². The van der Waals surface area contributed by atoms with Crippen molar-refractivity contribution in [3.63, 3.8) is 0 Å². The summed E-state index contributed by atoms with van der Waals surface area (Å²) in [5.74, 6) is 0. The van der Waals surface area contributed by atoms with E-state index in [1.165, 1.54) is 4.57 Å². The molecule has 34 heavy (non-hydrogen) atoms. The number of ether oxygens (including phenoxy) is 3. The van der Waals surface area contributed by atoms with Gasteiger partial charge in [0.15, 0.2) is 6.23 Å². The molecule has 2 heterocycles. The molecule has 1 aliphatic rings. The lowest BCUT2D eigenvalue weighted by molar-refractivity contribution is -0.0776. The second kappa shape index (κ2) is 13.6. The van der Waals surface area contributed by atoms with Gasteiger partial charge in [-0.3, -0.25) is 4.57 Å². The fourth-order valence-electron chi connectivity index (χ4n) is 3.73. The number of hydrogen-bond acceptors (Lipinski definition) is 8. The Morgan fingerprint density at radius 2 is 1.97 bits per heavy atom. The molecule has 0 saturated carbocycles. The number of aryl methyl sites for hydroxylation is 2. The van der Waals surface area contributed by atoms with Crippen molar-refractivity contribution in [2.75, 3.05) is 33.5 Å². The molecule has 10 nitrogen and oxygen atoms in total. The maximum absolute atomic E-state index is 12.8. The normalized spacial score (nSPS) is 24.1. The molecule has 2 rings (SSSR count). The Bertz CT molecular complexity index is 888. The second-order valence-corrected chi connectivity index (χ2v) is 10.1. The Labute approximate surface area is 205 Å². The molecule has 1 saturated heterocycles. The molecule has 192 valence electrons. The number of methoxy groups -OCH3 is 1. The van der Waals surface area contributed by atoms with Crippen LogP contribution in [0.1, 0.15) is 53.5 Å². The van der Waals surface area contributed by atoms with Crippen LogP contribution in [0.5, 0.6) is 0 Å². The number of aromatic nitrogens is 2. The van der Waals surface area contributed by atoms with Crippen LogP contribution in [0, 0.1) is 20.4 Å². The molecule has 0 aliphatic carbocycles. The third-order valence-electron chi connectivity index (χ3n) is 5.41. The summed E-state index contributed by atoms with van der Waals surface area (Å²) < 4.78 is 41.8. The average molecular weight is 500 g/mol. The Morgan fingerprint density at radius 3 is 2.56 bits per heavy atom. The molecule has 1 aromatic rings. The first-order valence-electron chi connectivity index (χ1n) is 12.2. The molecule has 0 spiro atoms. The molecule has 0 aromatic carbocycles. The van der Waals surface area contributed by atoms with Gasteiger partial charge in [0.2, 0.25) is 6.54 Å². The molecule has 0 bridgehead atoms. The standard InChI is InChI=1S/C23H39N4O6P/c1-15(2)27(16(3)4)34(31-11-10-24-8)33-20-19(7)32-22(21(20)30-13-12-29-9)26-14-17(5)18(6)25-23(26)28/h14-16,19-22H,10-13H2,1-7,9H3/t19-,20+,21?,22-,34?/m1/s1/i7D. The van der Waals surface area contributed by atoms with Gasteiger partial charge in [-0.05, 0) is 54.0 Å². The predicted octanol–water partition coefficient (Wildman–Crippen LogP) is 3.48. The van der Waals surface area contributed by atoms with Crippen LogP contribution in [-0.4, -0.2) is 78.1 Å². The first kappa shape index (κ1) is 27.2. The molecule has 1 aliphatic heterocycles. The lowest BCUT2D eigenvalue weighted by Crippen LogP contribution is -2.41. The average Bonchev–Trinajstić information content (AvgIpc) is 3.13. The Kier molecular flexibility index (Phi) is 10.9. The van der Waals surface area contributed by atoms with Gasteiger partial charge < -0.3 is 28.1 Å². The van der Waals surface area contributed by atoms with E-state index < -0.39 is 38.8 Å². The summed E-state index contributed by atoms with van der Waals surface area (Å²) >= 11 is 0. The van der Waals surface area contributed by atoms with E-state index in [0.717, 1.165) is 5.56 Å². The summed E-state index contributed by atoms with van der Waals surface area (Å²) in [6.07, 6.45) is -1.15. The zero-order valence-electron chi connectivity index (χ0n) is 22.3. The van der Waals surface area contributed by atoms with Crippen LogP contribution in [0.25, 0.3) is 4.85 Å². The van der Waals surface area contributed by atoms with Gasteiger partial charge in [-0.1, -0.05) is 0 Å². The summed E-state index contributed by atoms with van der Waals surface area (Å²) in [6, 6.07) is 0.224. The minimum absolute atomic E-state index is 0.0904. The van der Waals surface area contributed by atoms with Crippen molar-refractivity contribution in [3.05, 3.63) is 39.4 Å². The topological polar surface area (TPSA) is 88.6 Å². The van der Waals surface area contributed by atoms with Crippen LogP contribution in [-0.2, 0) is 23.3 Å². The van der Waals surface area contributed by atoms with Crippen LogP contribution in [0.4, 0.5) is 0 Å². The van der Waals surface area contributed by atoms with E-state index in [2.05, 4.69) is 42.2 Å². The van der Waals surface area contributed by atoms with Crippen molar-refractivity contribution in [2.45, 2.75) is 85.1 Å². The SMILES string of the molecule is [2H]C[C@H]1O[C@@H](n2cc(C)c(C)nc2=O)C(OCCOC)[C@H]1OP(OCC[N+]#[C-])N(C(C)C)C(C)C. The van der Waals surface area contributed by atoms with Gasteiger partial charge in [0.25, 0.3) is 8.53 Å². The van der Waals surface area contributed by atoms with E-state index in [4.69, 9.17) is 31.2 Å². The van der Waals surface area contributed by atoms with Crippen molar-refractivity contribution in [1.29, 1.82) is 0 Å². The van der Waals surface area contributed by atoms with E-state index in [1.54, 1.807) is 20.2 Å². The van der Waals surface area contributed by atoms with Crippen molar-refractivity contribution in [2.24, 2.45) is 0 Å². The fraction of sp³-hybridized carbons (Fsp3) is 0.783. The number of nitrogens with zero attached hydrogens (tertiary/aromatic N) is 4.